The maximum absolute atomic E-state index is 11.5. The van der Waals surface area contributed by atoms with Crippen LogP contribution in [0.25, 0.3) is 0 Å². The monoisotopic (exact) mass is 392 g/mol. The number of nitrogens with one attached hydrogen (secondary N) is 3. The molecule has 1 heterocycles. The van der Waals surface area contributed by atoms with Crippen molar-refractivity contribution in [3.05, 3.63) is 60.4 Å². The van der Waals surface area contributed by atoms with Gasteiger partial charge < -0.3 is 26.4 Å². The predicted octanol–water partition coefficient (Wildman–Crippen LogP) is 3.29. The van der Waals surface area contributed by atoms with Crippen LogP contribution in [0.5, 0.6) is 0 Å². The maximum atomic E-state index is 11.5. The van der Waals surface area contributed by atoms with Gasteiger partial charge >= 0.3 is 5.97 Å². The van der Waals surface area contributed by atoms with Gasteiger partial charge in [-0.3, -0.25) is 4.79 Å². The van der Waals surface area contributed by atoms with Crippen molar-refractivity contribution in [1.82, 2.24) is 9.97 Å². The fourth-order valence-electron chi connectivity index (χ4n) is 2.52. The normalized spacial score (nSPS) is 10.1. The van der Waals surface area contributed by atoms with Crippen LogP contribution in [0.2, 0.25) is 0 Å². The molecule has 0 radical (unpaired) electrons. The van der Waals surface area contributed by atoms with Crippen LogP contribution in [0, 0.1) is 0 Å². The second-order valence-corrected chi connectivity index (χ2v) is 6.06. The molecule has 1 amide bonds. The van der Waals surface area contributed by atoms with E-state index in [0.29, 0.717) is 34.3 Å². The first-order valence-corrected chi connectivity index (χ1v) is 8.67. The van der Waals surface area contributed by atoms with Crippen LogP contribution in [0.1, 0.15) is 17.3 Å². The average molecular weight is 392 g/mol. The zero-order valence-electron chi connectivity index (χ0n) is 15.9. The molecule has 0 aliphatic rings. The highest BCUT2D eigenvalue weighted by Gasteiger charge is 2.10. The lowest BCUT2D eigenvalue weighted by Gasteiger charge is -2.13. The molecule has 148 valence electrons. The van der Waals surface area contributed by atoms with Gasteiger partial charge in [-0.05, 0) is 48.5 Å². The van der Waals surface area contributed by atoms with E-state index in [1.165, 1.54) is 20.4 Å². The Balaban J connectivity index is 1.74. The summed E-state index contributed by atoms with van der Waals surface area (Å²) in [4.78, 5) is 31.0. The number of nitrogens with zero attached hydrogens (tertiary/aromatic N) is 2. The van der Waals surface area contributed by atoms with Gasteiger partial charge in [-0.25, -0.2) is 14.8 Å². The summed E-state index contributed by atoms with van der Waals surface area (Å²) < 4.78 is 4.68. The molecule has 0 atom stereocenters. The molecule has 5 N–H and O–H groups in total. The van der Waals surface area contributed by atoms with Crippen LogP contribution >= 0.6 is 0 Å². The molecule has 2 aromatic carbocycles. The molecule has 9 heteroatoms. The molecule has 0 fully saturated rings. The van der Waals surface area contributed by atoms with E-state index >= 15 is 0 Å². The second kappa shape index (κ2) is 8.70. The number of methoxy groups -OCH3 is 1. The highest BCUT2D eigenvalue weighted by Crippen LogP contribution is 2.28. The Morgan fingerprint density at radius 2 is 1.34 bits per heavy atom. The molecule has 29 heavy (non-hydrogen) atoms. The van der Waals surface area contributed by atoms with E-state index in [2.05, 4.69) is 30.7 Å². The minimum atomic E-state index is -0.408. The average Bonchev–Trinajstić information content (AvgIpc) is 2.72. The summed E-state index contributed by atoms with van der Waals surface area (Å²) in [6.07, 6.45) is 1.38. The number of benzene rings is 2. The smallest absolute Gasteiger partial charge is 0.337 e. The Morgan fingerprint density at radius 3 is 1.83 bits per heavy atom. The molecule has 0 spiro atoms. The summed E-state index contributed by atoms with van der Waals surface area (Å²) in [5.41, 5.74) is 9.11. The second-order valence-electron chi connectivity index (χ2n) is 6.06. The number of carbonyl (C=O) groups excluding carboxylic acids is 2. The Kier molecular flexibility index (Phi) is 5.88. The number of nitrogens with two attached hydrogens (primary N) is 1. The van der Waals surface area contributed by atoms with E-state index in [4.69, 9.17) is 5.73 Å². The predicted molar refractivity (Wildman–Crippen MR) is 112 cm³/mol. The van der Waals surface area contributed by atoms with Crippen molar-refractivity contribution in [3.8, 4) is 0 Å². The summed E-state index contributed by atoms with van der Waals surface area (Å²) in [7, 11) is 1.33. The minimum Gasteiger partial charge on any atom is -0.465 e. The molecule has 9 nitrogen and oxygen atoms in total. The highest BCUT2D eigenvalue weighted by molar-refractivity contribution is 5.90. The van der Waals surface area contributed by atoms with Crippen molar-refractivity contribution in [2.45, 2.75) is 6.92 Å². The fraction of sp³-hybridized carbons (Fsp3) is 0.100. The number of anilines is 6. The van der Waals surface area contributed by atoms with Crippen LogP contribution in [-0.4, -0.2) is 29.0 Å². The SMILES string of the molecule is COC(=O)c1ccc(Nc2ncnc(Nc3ccc(NC(C)=O)cc3)c2N)cc1. The molecule has 0 saturated carbocycles. The van der Waals surface area contributed by atoms with Gasteiger partial charge in [0.1, 0.15) is 12.0 Å². The van der Waals surface area contributed by atoms with Gasteiger partial charge in [0.2, 0.25) is 5.91 Å². The van der Waals surface area contributed by atoms with E-state index < -0.39 is 5.97 Å². The summed E-state index contributed by atoms with van der Waals surface area (Å²) >= 11 is 0. The van der Waals surface area contributed by atoms with Gasteiger partial charge in [0, 0.05) is 24.0 Å². The Morgan fingerprint density at radius 1 is 0.862 bits per heavy atom. The first-order valence-electron chi connectivity index (χ1n) is 8.67. The number of aromatic nitrogens is 2. The Hall–Kier alpha value is -4.14. The lowest BCUT2D eigenvalue weighted by atomic mass is 10.2. The third-order valence-electron chi connectivity index (χ3n) is 3.92. The molecular formula is C20H20N6O3. The molecule has 0 aliphatic carbocycles. The summed E-state index contributed by atoms with van der Waals surface area (Å²) in [6, 6.07) is 13.9. The largest absolute Gasteiger partial charge is 0.465 e. The van der Waals surface area contributed by atoms with Crippen LogP contribution in [0.3, 0.4) is 0 Å². The van der Waals surface area contributed by atoms with E-state index in [1.807, 2.05) is 0 Å². The zero-order chi connectivity index (χ0) is 20.8. The molecule has 3 rings (SSSR count). The lowest BCUT2D eigenvalue weighted by molar-refractivity contribution is -0.114. The van der Waals surface area contributed by atoms with Crippen molar-refractivity contribution >= 4 is 46.3 Å². The fourth-order valence-corrected chi connectivity index (χ4v) is 2.52. The molecule has 1 aromatic heterocycles. The van der Waals surface area contributed by atoms with Gasteiger partial charge in [0.25, 0.3) is 0 Å². The van der Waals surface area contributed by atoms with E-state index in [0.717, 1.165) is 5.69 Å². The van der Waals surface area contributed by atoms with E-state index in [1.54, 1.807) is 48.5 Å². The van der Waals surface area contributed by atoms with Gasteiger partial charge in [-0.1, -0.05) is 0 Å². The number of amides is 1. The van der Waals surface area contributed by atoms with Crippen LogP contribution in [-0.2, 0) is 9.53 Å². The number of nitrogen functional groups attached to an aromatic ring is 1. The Labute approximate surface area is 167 Å². The standard InChI is InChI=1S/C20H20N6O3/c1-12(27)24-14-7-9-16(10-8-14)26-19-17(21)18(22-11-23-19)25-15-5-3-13(4-6-15)20(28)29-2/h3-11H,21H2,1-2H3,(H,24,27)(H2,22,23,25,26). The van der Waals surface area contributed by atoms with Crippen molar-refractivity contribution in [2.75, 3.05) is 28.8 Å². The lowest BCUT2D eigenvalue weighted by Crippen LogP contribution is -2.06. The summed E-state index contributed by atoms with van der Waals surface area (Å²) in [5, 5.41) is 8.92. The third-order valence-corrected chi connectivity index (χ3v) is 3.92. The van der Waals surface area contributed by atoms with Crippen molar-refractivity contribution in [2.24, 2.45) is 0 Å². The summed E-state index contributed by atoms with van der Waals surface area (Å²) in [6.45, 7) is 1.45. The van der Waals surface area contributed by atoms with Gasteiger partial charge in [0.05, 0.1) is 12.7 Å². The molecule has 3 aromatic rings. The molecule has 0 bridgehead atoms. The van der Waals surface area contributed by atoms with Crippen molar-refractivity contribution < 1.29 is 14.3 Å². The third kappa shape index (κ3) is 4.98. The molecule has 0 aliphatic heterocycles. The maximum Gasteiger partial charge on any atom is 0.337 e. The van der Waals surface area contributed by atoms with E-state index in [-0.39, 0.29) is 5.91 Å². The highest BCUT2D eigenvalue weighted by atomic mass is 16.5. The first kappa shape index (κ1) is 19.6. The number of carbonyl (C=O) groups is 2. The van der Waals surface area contributed by atoms with Gasteiger partial charge in [-0.2, -0.15) is 0 Å². The first-order chi connectivity index (χ1) is 14.0. The van der Waals surface area contributed by atoms with Crippen LogP contribution in [0.15, 0.2) is 54.9 Å². The Bertz CT molecular complexity index is 1020. The van der Waals surface area contributed by atoms with Crippen LogP contribution in [0.4, 0.5) is 34.4 Å². The molecular weight excluding hydrogens is 372 g/mol. The number of hydrogen-bond donors (Lipinski definition) is 4. The number of hydrogen-bond acceptors (Lipinski definition) is 8. The summed E-state index contributed by atoms with van der Waals surface area (Å²) in [5.74, 6) is 0.305. The zero-order valence-corrected chi connectivity index (χ0v) is 15.9. The van der Waals surface area contributed by atoms with Crippen molar-refractivity contribution in [3.63, 3.8) is 0 Å². The van der Waals surface area contributed by atoms with Crippen LogP contribution < -0.4 is 21.7 Å². The number of ether oxygens (including phenoxy) is 1. The van der Waals surface area contributed by atoms with Crippen molar-refractivity contribution in [1.29, 1.82) is 0 Å². The topological polar surface area (TPSA) is 131 Å². The van der Waals surface area contributed by atoms with Gasteiger partial charge in [-0.15, -0.1) is 0 Å². The number of esters is 1. The minimum absolute atomic E-state index is 0.138. The molecule has 0 saturated heterocycles. The molecule has 0 unspecified atom stereocenters. The number of rotatable bonds is 6. The van der Waals surface area contributed by atoms with Gasteiger partial charge in [0.15, 0.2) is 11.6 Å². The quantitative estimate of drug-likeness (QED) is 0.470. The van der Waals surface area contributed by atoms with E-state index in [9.17, 15) is 9.59 Å².